The highest BCUT2D eigenvalue weighted by Crippen LogP contribution is 2.22. The second-order valence-electron chi connectivity index (χ2n) is 3.16. The number of hydrogen-bond acceptors (Lipinski definition) is 3. The molecule has 12 heavy (non-hydrogen) atoms. The number of hydrogen-bond donors (Lipinski definition) is 1. The van der Waals surface area contributed by atoms with E-state index in [4.69, 9.17) is 5.73 Å². The molecule has 0 amide bonds. The second kappa shape index (κ2) is 4.67. The van der Waals surface area contributed by atoms with Gasteiger partial charge in [-0.3, -0.25) is 0 Å². The molecule has 70 valence electrons. The maximum atomic E-state index is 5.56. The molecule has 1 heterocycles. The smallest absolute Gasteiger partial charge is 0.180 e. The average Bonchev–Trinajstić information content (AvgIpc) is 2.09. The van der Waals surface area contributed by atoms with Crippen molar-refractivity contribution in [2.45, 2.75) is 27.2 Å². The Morgan fingerprint density at radius 1 is 1.50 bits per heavy atom. The van der Waals surface area contributed by atoms with E-state index in [1.54, 1.807) is 11.3 Å². The quantitative estimate of drug-likeness (QED) is 0.808. The number of aromatic nitrogens is 1. The van der Waals surface area contributed by atoms with Crippen LogP contribution in [0.5, 0.6) is 0 Å². The van der Waals surface area contributed by atoms with Crippen LogP contribution in [0.2, 0.25) is 0 Å². The highest BCUT2D eigenvalue weighted by molar-refractivity contribution is 7.15. The van der Waals surface area contributed by atoms with E-state index >= 15 is 0 Å². The van der Waals surface area contributed by atoms with Crippen molar-refractivity contribution in [2.75, 3.05) is 5.73 Å². The van der Waals surface area contributed by atoms with Crippen LogP contribution in [-0.4, -0.2) is 4.98 Å². The van der Waals surface area contributed by atoms with Crippen molar-refractivity contribution >= 4 is 28.9 Å². The van der Waals surface area contributed by atoms with Gasteiger partial charge in [-0.2, -0.15) is 0 Å². The van der Waals surface area contributed by atoms with Crippen LogP contribution >= 0.6 is 23.7 Å². The van der Waals surface area contributed by atoms with Gasteiger partial charge >= 0.3 is 0 Å². The molecule has 4 heteroatoms. The zero-order valence-corrected chi connectivity index (χ0v) is 9.26. The number of halogens is 1. The van der Waals surface area contributed by atoms with Crippen LogP contribution in [0.1, 0.15) is 24.4 Å². The van der Waals surface area contributed by atoms with Crippen molar-refractivity contribution in [1.82, 2.24) is 4.98 Å². The normalized spacial score (nSPS) is 10.0. The number of rotatable bonds is 2. The number of nitrogen functional groups attached to an aromatic ring is 1. The fraction of sp³-hybridized carbons (Fsp3) is 0.625. The van der Waals surface area contributed by atoms with Crippen LogP contribution in [-0.2, 0) is 6.42 Å². The fourth-order valence-electron chi connectivity index (χ4n) is 1.01. The summed E-state index contributed by atoms with van der Waals surface area (Å²) in [6, 6.07) is 0. The molecule has 0 spiro atoms. The Balaban J connectivity index is 0.00000121. The van der Waals surface area contributed by atoms with E-state index in [9.17, 15) is 0 Å². The summed E-state index contributed by atoms with van der Waals surface area (Å²) < 4.78 is 0. The molecule has 0 fully saturated rings. The van der Waals surface area contributed by atoms with Crippen LogP contribution < -0.4 is 5.73 Å². The lowest BCUT2D eigenvalue weighted by molar-refractivity contribution is 0.651. The van der Waals surface area contributed by atoms with Gasteiger partial charge in [-0.25, -0.2) is 4.98 Å². The first-order valence-corrected chi connectivity index (χ1v) is 4.63. The topological polar surface area (TPSA) is 38.9 Å². The molecule has 0 aromatic carbocycles. The molecular weight excluding hydrogens is 192 g/mol. The van der Waals surface area contributed by atoms with Crippen molar-refractivity contribution in [2.24, 2.45) is 5.92 Å². The molecule has 0 aliphatic carbocycles. The third kappa shape index (κ3) is 2.99. The van der Waals surface area contributed by atoms with Crippen LogP contribution in [0.4, 0.5) is 5.13 Å². The van der Waals surface area contributed by atoms with Crippen LogP contribution in [0.15, 0.2) is 0 Å². The Morgan fingerprint density at radius 3 is 2.42 bits per heavy atom. The summed E-state index contributed by atoms with van der Waals surface area (Å²) in [5.74, 6) is 0.688. The minimum Gasteiger partial charge on any atom is -0.375 e. The summed E-state index contributed by atoms with van der Waals surface area (Å²) in [6.45, 7) is 6.43. The van der Waals surface area contributed by atoms with Gasteiger partial charge in [0.25, 0.3) is 0 Å². The summed E-state index contributed by atoms with van der Waals surface area (Å²) in [5.41, 5.74) is 6.66. The van der Waals surface area contributed by atoms with E-state index in [0.717, 1.165) is 12.1 Å². The van der Waals surface area contributed by atoms with E-state index in [2.05, 4.69) is 18.8 Å². The molecule has 0 aliphatic rings. The monoisotopic (exact) mass is 206 g/mol. The lowest BCUT2D eigenvalue weighted by atomic mass is 10.1. The number of nitrogens with two attached hydrogens (primary N) is 1. The molecule has 0 saturated heterocycles. The van der Waals surface area contributed by atoms with E-state index in [-0.39, 0.29) is 12.4 Å². The number of thiazole rings is 1. The van der Waals surface area contributed by atoms with E-state index in [1.165, 1.54) is 4.88 Å². The number of nitrogens with zero attached hydrogens (tertiary/aromatic N) is 1. The Labute approximate surface area is 83.6 Å². The van der Waals surface area contributed by atoms with Gasteiger partial charge in [-0.05, 0) is 19.3 Å². The fourth-order valence-corrected chi connectivity index (χ4v) is 2.06. The first-order valence-electron chi connectivity index (χ1n) is 3.81. The average molecular weight is 207 g/mol. The van der Waals surface area contributed by atoms with Crippen molar-refractivity contribution in [3.63, 3.8) is 0 Å². The molecule has 0 atom stereocenters. The third-order valence-corrected chi connectivity index (χ3v) is 2.51. The Hall–Kier alpha value is -0.280. The summed E-state index contributed by atoms with van der Waals surface area (Å²) in [6.07, 6.45) is 1.10. The van der Waals surface area contributed by atoms with Gasteiger partial charge in [-0.15, -0.1) is 23.7 Å². The van der Waals surface area contributed by atoms with Crippen molar-refractivity contribution in [3.8, 4) is 0 Å². The lowest BCUT2D eigenvalue weighted by Gasteiger charge is -2.00. The maximum absolute atomic E-state index is 5.56. The molecule has 2 N–H and O–H groups in total. The zero-order valence-electron chi connectivity index (χ0n) is 7.63. The predicted molar refractivity (Wildman–Crippen MR) is 57.1 cm³/mol. The summed E-state index contributed by atoms with van der Waals surface area (Å²) in [5, 5.41) is 0.693. The SMILES string of the molecule is Cc1nc(N)sc1CC(C)C.Cl. The number of anilines is 1. The Bertz CT molecular complexity index is 245. The van der Waals surface area contributed by atoms with Crippen molar-refractivity contribution in [3.05, 3.63) is 10.6 Å². The van der Waals surface area contributed by atoms with Gasteiger partial charge < -0.3 is 5.73 Å². The van der Waals surface area contributed by atoms with Crippen LogP contribution in [0.25, 0.3) is 0 Å². The minimum absolute atomic E-state index is 0. The highest BCUT2D eigenvalue weighted by Gasteiger charge is 2.06. The zero-order chi connectivity index (χ0) is 8.43. The first-order chi connectivity index (χ1) is 5.09. The molecule has 1 aromatic rings. The Morgan fingerprint density at radius 2 is 2.08 bits per heavy atom. The predicted octanol–water partition coefficient (Wildman–Crippen LogP) is 2.65. The first kappa shape index (κ1) is 11.7. The summed E-state index contributed by atoms with van der Waals surface area (Å²) in [4.78, 5) is 5.49. The van der Waals surface area contributed by atoms with Gasteiger partial charge in [-0.1, -0.05) is 13.8 Å². The maximum Gasteiger partial charge on any atom is 0.180 e. The molecule has 0 bridgehead atoms. The van der Waals surface area contributed by atoms with Crippen LogP contribution in [0.3, 0.4) is 0 Å². The van der Waals surface area contributed by atoms with Gasteiger partial charge in [0.1, 0.15) is 0 Å². The van der Waals surface area contributed by atoms with E-state index in [0.29, 0.717) is 11.0 Å². The second-order valence-corrected chi connectivity index (χ2v) is 4.27. The molecule has 0 unspecified atom stereocenters. The molecule has 0 saturated carbocycles. The van der Waals surface area contributed by atoms with Crippen LogP contribution in [0, 0.1) is 12.8 Å². The summed E-state index contributed by atoms with van der Waals surface area (Å²) in [7, 11) is 0. The Kier molecular flexibility index (Phi) is 4.57. The van der Waals surface area contributed by atoms with Crippen molar-refractivity contribution < 1.29 is 0 Å². The third-order valence-electron chi connectivity index (χ3n) is 1.50. The molecular formula is C8H15ClN2S. The van der Waals surface area contributed by atoms with Gasteiger partial charge in [0.15, 0.2) is 5.13 Å². The van der Waals surface area contributed by atoms with Crippen molar-refractivity contribution in [1.29, 1.82) is 0 Å². The van der Waals surface area contributed by atoms with Gasteiger partial charge in [0.05, 0.1) is 5.69 Å². The van der Waals surface area contributed by atoms with Gasteiger partial charge in [0, 0.05) is 4.88 Å². The molecule has 1 aromatic heterocycles. The standard InChI is InChI=1S/C8H14N2S.ClH/c1-5(2)4-7-6(3)10-8(9)11-7;/h5H,4H2,1-3H3,(H2,9,10);1H. The number of aryl methyl sites for hydroxylation is 1. The lowest BCUT2D eigenvalue weighted by Crippen LogP contribution is -1.92. The van der Waals surface area contributed by atoms with E-state index in [1.807, 2.05) is 6.92 Å². The van der Waals surface area contributed by atoms with Gasteiger partial charge in [0.2, 0.25) is 0 Å². The molecule has 0 radical (unpaired) electrons. The summed E-state index contributed by atoms with van der Waals surface area (Å²) >= 11 is 1.61. The molecule has 1 rings (SSSR count). The molecule has 2 nitrogen and oxygen atoms in total. The largest absolute Gasteiger partial charge is 0.375 e. The molecule has 0 aliphatic heterocycles. The minimum atomic E-state index is 0. The highest BCUT2D eigenvalue weighted by atomic mass is 35.5. The van der Waals surface area contributed by atoms with E-state index < -0.39 is 0 Å².